The number of thioether (sulfide) groups is 1. The van der Waals surface area contributed by atoms with E-state index in [9.17, 15) is 9.59 Å². The van der Waals surface area contributed by atoms with Crippen LogP contribution < -0.4 is 10.4 Å². The summed E-state index contributed by atoms with van der Waals surface area (Å²) in [6.45, 7) is 0. The maximum atomic E-state index is 12.4. The Balaban J connectivity index is 1.89. The predicted molar refractivity (Wildman–Crippen MR) is 88.3 cm³/mol. The van der Waals surface area contributed by atoms with E-state index in [0.717, 1.165) is 10.5 Å². The summed E-state index contributed by atoms with van der Waals surface area (Å²) < 4.78 is 0. The quantitative estimate of drug-likeness (QED) is 0.539. The van der Waals surface area contributed by atoms with Gasteiger partial charge in [0.15, 0.2) is 0 Å². The number of hydrazine groups is 1. The predicted octanol–water partition coefficient (Wildman–Crippen LogP) is 2.87. The van der Waals surface area contributed by atoms with E-state index >= 15 is 0 Å². The number of carbonyl (C=O) groups is 2. The Morgan fingerprint density at radius 3 is 2.32 bits per heavy atom. The number of carbonyl (C=O) groups excluding carboxylic acids is 2. The molecule has 0 bridgehead atoms. The van der Waals surface area contributed by atoms with Crippen LogP contribution in [0.25, 0.3) is 6.08 Å². The van der Waals surface area contributed by atoms with Crippen molar-refractivity contribution in [2.75, 3.05) is 11.3 Å². The molecule has 2 aromatic carbocycles. The fourth-order valence-corrected chi connectivity index (χ4v) is 2.59. The molecular formula is C17H14N2O2S. The minimum absolute atomic E-state index is 0.140. The third-order valence-electron chi connectivity index (χ3n) is 3.33. The zero-order valence-corrected chi connectivity index (χ0v) is 12.8. The lowest BCUT2D eigenvalue weighted by atomic mass is 10.1. The third-order valence-corrected chi connectivity index (χ3v) is 4.08. The highest BCUT2D eigenvalue weighted by molar-refractivity contribution is 7.98. The summed E-state index contributed by atoms with van der Waals surface area (Å²) in [4.78, 5) is 25.6. The molecule has 0 radical (unpaired) electrons. The number of amides is 2. The lowest BCUT2D eigenvalue weighted by molar-refractivity contribution is -0.117. The highest BCUT2D eigenvalue weighted by Gasteiger charge is 2.34. The lowest BCUT2D eigenvalue weighted by Gasteiger charge is -2.13. The van der Waals surface area contributed by atoms with E-state index in [1.54, 1.807) is 30.0 Å². The fourth-order valence-electron chi connectivity index (χ4n) is 2.18. The first-order chi connectivity index (χ1) is 10.7. The van der Waals surface area contributed by atoms with Gasteiger partial charge in [0.05, 0.1) is 5.69 Å². The molecule has 1 aliphatic rings. The Hall–Kier alpha value is -2.53. The van der Waals surface area contributed by atoms with Crippen molar-refractivity contribution in [1.82, 2.24) is 5.43 Å². The molecule has 1 N–H and O–H groups in total. The monoisotopic (exact) mass is 310 g/mol. The molecule has 0 atom stereocenters. The van der Waals surface area contributed by atoms with Gasteiger partial charge in [-0.05, 0) is 42.2 Å². The van der Waals surface area contributed by atoms with Crippen LogP contribution in [0, 0.1) is 0 Å². The van der Waals surface area contributed by atoms with E-state index < -0.39 is 0 Å². The van der Waals surface area contributed by atoms with E-state index in [1.165, 1.54) is 5.01 Å². The van der Waals surface area contributed by atoms with Crippen molar-refractivity contribution in [2.24, 2.45) is 0 Å². The highest BCUT2D eigenvalue weighted by Crippen LogP contribution is 2.22. The van der Waals surface area contributed by atoms with Crippen molar-refractivity contribution in [1.29, 1.82) is 0 Å². The Morgan fingerprint density at radius 2 is 1.68 bits per heavy atom. The zero-order valence-electron chi connectivity index (χ0n) is 11.9. The van der Waals surface area contributed by atoms with Crippen LogP contribution in [0.1, 0.15) is 5.56 Å². The Labute approximate surface area is 132 Å². The van der Waals surface area contributed by atoms with E-state index in [4.69, 9.17) is 0 Å². The number of para-hydroxylation sites is 1. The van der Waals surface area contributed by atoms with Gasteiger partial charge >= 0.3 is 0 Å². The molecule has 1 saturated heterocycles. The molecule has 0 unspecified atom stereocenters. The Bertz CT molecular complexity index is 739. The largest absolute Gasteiger partial charge is 0.282 e. The zero-order chi connectivity index (χ0) is 15.5. The van der Waals surface area contributed by atoms with Crippen LogP contribution >= 0.6 is 11.8 Å². The second-order valence-electron chi connectivity index (χ2n) is 4.75. The van der Waals surface area contributed by atoms with E-state index in [-0.39, 0.29) is 17.4 Å². The molecule has 0 aromatic heterocycles. The summed E-state index contributed by atoms with van der Waals surface area (Å²) >= 11 is 1.64. The molecule has 4 nitrogen and oxygen atoms in total. The van der Waals surface area contributed by atoms with Crippen molar-refractivity contribution >= 4 is 35.3 Å². The Kier molecular flexibility index (Phi) is 3.98. The molecule has 3 rings (SSSR count). The first kappa shape index (κ1) is 14.4. The number of nitrogens with zero attached hydrogens (tertiary/aromatic N) is 1. The molecule has 1 aliphatic heterocycles. The van der Waals surface area contributed by atoms with Gasteiger partial charge < -0.3 is 0 Å². The van der Waals surface area contributed by atoms with E-state index in [1.807, 2.05) is 48.7 Å². The maximum Gasteiger partial charge on any atom is 0.282 e. The molecule has 1 fully saturated rings. The minimum atomic E-state index is -0.386. The first-order valence-electron chi connectivity index (χ1n) is 6.75. The number of hydrogen-bond donors (Lipinski definition) is 1. The van der Waals surface area contributed by atoms with Crippen molar-refractivity contribution < 1.29 is 9.59 Å². The second-order valence-corrected chi connectivity index (χ2v) is 5.63. The van der Waals surface area contributed by atoms with E-state index in [0.29, 0.717) is 5.69 Å². The van der Waals surface area contributed by atoms with Gasteiger partial charge in [0, 0.05) is 4.90 Å². The van der Waals surface area contributed by atoms with Crippen molar-refractivity contribution in [3.8, 4) is 0 Å². The summed E-state index contributed by atoms with van der Waals surface area (Å²) in [7, 11) is 0. The molecule has 2 aromatic rings. The van der Waals surface area contributed by atoms with Gasteiger partial charge in [0.25, 0.3) is 11.8 Å². The van der Waals surface area contributed by atoms with Gasteiger partial charge in [-0.25, -0.2) is 5.01 Å². The van der Waals surface area contributed by atoms with Gasteiger partial charge in [0.2, 0.25) is 0 Å². The topological polar surface area (TPSA) is 49.4 Å². The smallest absolute Gasteiger partial charge is 0.267 e. The third kappa shape index (κ3) is 2.76. The van der Waals surface area contributed by atoms with Crippen LogP contribution in [0.2, 0.25) is 0 Å². The van der Waals surface area contributed by atoms with Crippen LogP contribution in [-0.2, 0) is 9.59 Å². The SMILES string of the molecule is CSc1ccc(C=C2C(=O)NN(c3ccccc3)C2=O)cc1. The van der Waals surface area contributed by atoms with E-state index in [2.05, 4.69) is 5.43 Å². The lowest BCUT2D eigenvalue weighted by Crippen LogP contribution is -2.35. The van der Waals surface area contributed by atoms with Crippen LogP contribution in [0.4, 0.5) is 5.69 Å². The number of rotatable bonds is 3. The van der Waals surface area contributed by atoms with Gasteiger partial charge in [-0.1, -0.05) is 30.3 Å². The van der Waals surface area contributed by atoms with Crippen molar-refractivity contribution in [2.45, 2.75) is 4.90 Å². The maximum absolute atomic E-state index is 12.4. The average molecular weight is 310 g/mol. The highest BCUT2D eigenvalue weighted by atomic mass is 32.2. The van der Waals surface area contributed by atoms with Gasteiger partial charge in [0.1, 0.15) is 5.57 Å². The molecule has 0 aliphatic carbocycles. The molecule has 0 spiro atoms. The molecule has 22 heavy (non-hydrogen) atoms. The second kappa shape index (κ2) is 6.07. The minimum Gasteiger partial charge on any atom is -0.267 e. The molecule has 1 heterocycles. The first-order valence-corrected chi connectivity index (χ1v) is 7.98. The normalized spacial score (nSPS) is 16.2. The van der Waals surface area contributed by atoms with Crippen LogP contribution in [-0.4, -0.2) is 18.1 Å². The molecule has 110 valence electrons. The molecule has 0 saturated carbocycles. The fraction of sp³-hybridized carbons (Fsp3) is 0.0588. The Morgan fingerprint density at radius 1 is 1.00 bits per heavy atom. The summed E-state index contributed by atoms with van der Waals surface area (Å²) in [6.07, 6.45) is 3.61. The summed E-state index contributed by atoms with van der Waals surface area (Å²) in [5, 5.41) is 1.27. The average Bonchev–Trinajstić information content (AvgIpc) is 2.84. The van der Waals surface area contributed by atoms with Crippen LogP contribution in [0.5, 0.6) is 0 Å². The van der Waals surface area contributed by atoms with Crippen molar-refractivity contribution in [3.05, 3.63) is 65.7 Å². The van der Waals surface area contributed by atoms with Gasteiger partial charge in [-0.15, -0.1) is 11.8 Å². The van der Waals surface area contributed by atoms with Gasteiger partial charge in [-0.2, -0.15) is 0 Å². The summed E-state index contributed by atoms with van der Waals surface area (Å²) in [5.41, 5.74) is 4.19. The number of anilines is 1. The number of nitrogens with one attached hydrogen (secondary N) is 1. The van der Waals surface area contributed by atoms with Crippen molar-refractivity contribution in [3.63, 3.8) is 0 Å². The van der Waals surface area contributed by atoms with Gasteiger partial charge in [-0.3, -0.25) is 15.0 Å². The number of hydrogen-bond acceptors (Lipinski definition) is 3. The standard InChI is InChI=1S/C17H14N2O2S/c1-22-14-9-7-12(8-10-14)11-15-16(20)18-19(17(15)21)13-5-3-2-4-6-13/h2-11H,1H3,(H,18,20). The summed E-state index contributed by atoms with van der Waals surface area (Å²) in [6, 6.07) is 16.7. The number of benzene rings is 2. The molecule has 2 amide bonds. The molecule has 5 heteroatoms. The van der Waals surface area contributed by atoms with Crippen LogP contribution in [0.3, 0.4) is 0 Å². The summed E-state index contributed by atoms with van der Waals surface area (Å²) in [5.74, 6) is -0.729. The van der Waals surface area contributed by atoms with Crippen LogP contribution in [0.15, 0.2) is 65.1 Å². The molecular weight excluding hydrogens is 296 g/mol.